The first-order chi connectivity index (χ1) is 10.9. The molecule has 0 unspecified atom stereocenters. The molecular weight excluding hydrogens is 308 g/mol. The molecule has 0 aromatic heterocycles. The molecule has 1 aromatic rings. The number of ether oxygens (including phenoxy) is 2. The minimum Gasteiger partial charge on any atom is -0.507 e. The molecular formula is C15H18O8. The molecule has 0 bridgehead atoms. The highest BCUT2D eigenvalue weighted by Gasteiger charge is 2.47. The van der Waals surface area contributed by atoms with Gasteiger partial charge < -0.3 is 35.0 Å². The molecule has 8 heteroatoms. The highest BCUT2D eigenvalue weighted by molar-refractivity contribution is 5.73. The van der Waals surface area contributed by atoms with Gasteiger partial charge in [0.1, 0.15) is 24.1 Å². The maximum atomic E-state index is 10.9. The van der Waals surface area contributed by atoms with E-state index in [1.54, 1.807) is 24.3 Å². The van der Waals surface area contributed by atoms with E-state index in [1.807, 2.05) is 0 Å². The van der Waals surface area contributed by atoms with E-state index in [1.165, 1.54) is 12.1 Å². The van der Waals surface area contributed by atoms with E-state index in [0.29, 0.717) is 5.56 Å². The van der Waals surface area contributed by atoms with E-state index >= 15 is 0 Å². The summed E-state index contributed by atoms with van der Waals surface area (Å²) in [5, 5.41) is 47.4. The van der Waals surface area contributed by atoms with Crippen LogP contribution in [-0.2, 0) is 14.3 Å². The third-order valence-electron chi connectivity index (χ3n) is 3.40. The van der Waals surface area contributed by atoms with Gasteiger partial charge in [-0.05, 0) is 6.07 Å². The van der Waals surface area contributed by atoms with Gasteiger partial charge in [-0.2, -0.15) is 0 Å². The Labute approximate surface area is 131 Å². The predicted octanol–water partition coefficient (Wildman–Crippen LogP) is -0.686. The smallest absolute Gasteiger partial charge is 0.335 e. The second-order valence-electron chi connectivity index (χ2n) is 5.03. The Morgan fingerprint density at radius 3 is 2.52 bits per heavy atom. The number of rotatable bonds is 5. The number of benzene rings is 1. The van der Waals surface area contributed by atoms with Gasteiger partial charge in [-0.15, -0.1) is 0 Å². The molecule has 0 amide bonds. The third-order valence-corrected chi connectivity index (χ3v) is 3.40. The monoisotopic (exact) mass is 326 g/mol. The normalized spacial score (nSPS) is 31.3. The standard InChI is InChI=1S/C15H18O8/c16-9-6-2-1-4-8(9)5-3-7-22-15-12(19)10(17)11(18)13(23-15)14(20)21/h1-6,10-13,15-19H,7H2,(H,20,21)/b5-3+/t10-,11-,12+,13-,15+/m0/s1. The van der Waals surface area contributed by atoms with Crippen molar-refractivity contribution in [2.24, 2.45) is 0 Å². The number of hydrogen-bond donors (Lipinski definition) is 5. The van der Waals surface area contributed by atoms with Crippen LogP contribution in [-0.4, -0.2) is 68.8 Å². The highest BCUT2D eigenvalue weighted by atomic mass is 16.7. The quantitative estimate of drug-likeness (QED) is 0.480. The van der Waals surface area contributed by atoms with Gasteiger partial charge in [0.15, 0.2) is 12.4 Å². The van der Waals surface area contributed by atoms with Crippen molar-refractivity contribution >= 4 is 12.0 Å². The lowest BCUT2D eigenvalue weighted by Gasteiger charge is -2.38. The molecule has 5 atom stereocenters. The van der Waals surface area contributed by atoms with Crippen LogP contribution < -0.4 is 0 Å². The minimum atomic E-state index is -1.75. The number of aliphatic hydroxyl groups excluding tert-OH is 3. The summed E-state index contributed by atoms with van der Waals surface area (Å²) < 4.78 is 10.1. The van der Waals surface area contributed by atoms with Crippen LogP contribution in [0.1, 0.15) is 5.56 Å². The lowest BCUT2D eigenvalue weighted by molar-refractivity contribution is -0.291. The van der Waals surface area contributed by atoms with Crippen LogP contribution >= 0.6 is 0 Å². The fourth-order valence-electron chi connectivity index (χ4n) is 2.14. The lowest BCUT2D eigenvalue weighted by atomic mass is 9.99. The molecule has 126 valence electrons. The number of aliphatic carboxylic acids is 1. The maximum absolute atomic E-state index is 10.9. The van der Waals surface area contributed by atoms with Crippen molar-refractivity contribution in [3.63, 3.8) is 0 Å². The number of para-hydroxylation sites is 1. The van der Waals surface area contributed by atoms with Crippen LogP contribution in [0.4, 0.5) is 0 Å². The number of phenols is 1. The minimum absolute atomic E-state index is 0.0643. The van der Waals surface area contributed by atoms with Crippen LogP contribution in [0, 0.1) is 0 Å². The van der Waals surface area contributed by atoms with E-state index in [4.69, 9.17) is 14.6 Å². The van der Waals surface area contributed by atoms with Gasteiger partial charge in [0.05, 0.1) is 6.61 Å². The number of carboxylic acids is 1. The van der Waals surface area contributed by atoms with Crippen molar-refractivity contribution in [2.45, 2.75) is 30.7 Å². The summed E-state index contributed by atoms with van der Waals surface area (Å²) in [5.41, 5.74) is 0.556. The Hall–Kier alpha value is -1.97. The summed E-state index contributed by atoms with van der Waals surface area (Å²) in [6.45, 7) is -0.0643. The molecule has 1 aliphatic heterocycles. The van der Waals surface area contributed by atoms with Crippen molar-refractivity contribution in [3.05, 3.63) is 35.9 Å². The summed E-state index contributed by atoms with van der Waals surface area (Å²) in [6, 6.07) is 6.61. The molecule has 1 saturated heterocycles. The summed E-state index contributed by atoms with van der Waals surface area (Å²) in [7, 11) is 0. The predicted molar refractivity (Wildman–Crippen MR) is 77.4 cm³/mol. The largest absolute Gasteiger partial charge is 0.507 e. The second-order valence-corrected chi connectivity index (χ2v) is 5.03. The van der Waals surface area contributed by atoms with Crippen molar-refractivity contribution in [1.29, 1.82) is 0 Å². The molecule has 5 N–H and O–H groups in total. The summed E-state index contributed by atoms with van der Waals surface area (Å²) in [6.07, 6.45) is -5.03. The molecule has 8 nitrogen and oxygen atoms in total. The highest BCUT2D eigenvalue weighted by Crippen LogP contribution is 2.22. The first-order valence-corrected chi connectivity index (χ1v) is 6.90. The number of aromatic hydroxyl groups is 1. The number of phenolic OH excluding ortho intramolecular Hbond substituents is 1. The summed E-state index contributed by atoms with van der Waals surface area (Å²) >= 11 is 0. The Morgan fingerprint density at radius 2 is 1.87 bits per heavy atom. The van der Waals surface area contributed by atoms with Crippen LogP contribution in [0.3, 0.4) is 0 Å². The van der Waals surface area contributed by atoms with E-state index < -0.39 is 36.7 Å². The summed E-state index contributed by atoms with van der Waals surface area (Å²) in [5.74, 6) is -1.39. The van der Waals surface area contributed by atoms with Crippen molar-refractivity contribution in [1.82, 2.24) is 0 Å². The Kier molecular flexibility index (Phi) is 5.69. The molecule has 0 radical (unpaired) electrons. The number of aliphatic hydroxyl groups is 3. The number of carbonyl (C=O) groups is 1. The Balaban J connectivity index is 1.94. The first-order valence-electron chi connectivity index (χ1n) is 6.90. The van der Waals surface area contributed by atoms with Gasteiger partial charge in [0.2, 0.25) is 0 Å². The van der Waals surface area contributed by atoms with Crippen molar-refractivity contribution in [2.75, 3.05) is 6.61 Å². The molecule has 23 heavy (non-hydrogen) atoms. The van der Waals surface area contributed by atoms with E-state index in [-0.39, 0.29) is 12.4 Å². The molecule has 0 aliphatic carbocycles. The van der Waals surface area contributed by atoms with Crippen LogP contribution in [0.5, 0.6) is 5.75 Å². The average molecular weight is 326 g/mol. The Bertz CT molecular complexity index is 572. The van der Waals surface area contributed by atoms with Crippen molar-refractivity contribution in [3.8, 4) is 5.75 Å². The lowest BCUT2D eigenvalue weighted by Crippen LogP contribution is -2.60. The van der Waals surface area contributed by atoms with Crippen LogP contribution in [0.15, 0.2) is 30.3 Å². The van der Waals surface area contributed by atoms with Gasteiger partial charge in [-0.1, -0.05) is 30.4 Å². The van der Waals surface area contributed by atoms with Gasteiger partial charge >= 0.3 is 5.97 Å². The van der Waals surface area contributed by atoms with Gasteiger partial charge in [0, 0.05) is 5.56 Å². The molecule has 2 rings (SSSR count). The molecule has 1 aromatic carbocycles. The van der Waals surface area contributed by atoms with Crippen LogP contribution in [0.25, 0.3) is 6.08 Å². The molecule has 0 saturated carbocycles. The Morgan fingerprint density at radius 1 is 1.17 bits per heavy atom. The first kappa shape index (κ1) is 17.4. The summed E-state index contributed by atoms with van der Waals surface area (Å²) in [4.78, 5) is 10.9. The van der Waals surface area contributed by atoms with E-state index in [9.17, 15) is 25.2 Å². The SMILES string of the molecule is O=C(O)[C@H]1O[C@@H](OC/C=C/c2ccccc2O)[C@H](O)[C@@H](O)[C@@H]1O. The molecule has 1 aliphatic rings. The molecule has 1 heterocycles. The molecule has 0 spiro atoms. The fraction of sp³-hybridized carbons (Fsp3) is 0.400. The zero-order valence-corrected chi connectivity index (χ0v) is 12.0. The fourth-order valence-corrected chi connectivity index (χ4v) is 2.14. The van der Waals surface area contributed by atoms with E-state index in [2.05, 4.69) is 0 Å². The van der Waals surface area contributed by atoms with Gasteiger partial charge in [-0.25, -0.2) is 4.79 Å². The number of carboxylic acid groups (broad SMARTS) is 1. The second kappa shape index (κ2) is 7.53. The molecule has 1 fully saturated rings. The van der Waals surface area contributed by atoms with Gasteiger partial charge in [-0.3, -0.25) is 0 Å². The third kappa shape index (κ3) is 4.06. The van der Waals surface area contributed by atoms with E-state index in [0.717, 1.165) is 0 Å². The van der Waals surface area contributed by atoms with Crippen LogP contribution in [0.2, 0.25) is 0 Å². The average Bonchev–Trinajstić information content (AvgIpc) is 2.52. The zero-order chi connectivity index (χ0) is 17.0. The van der Waals surface area contributed by atoms with Gasteiger partial charge in [0.25, 0.3) is 0 Å². The maximum Gasteiger partial charge on any atom is 0.335 e. The number of hydrogen-bond acceptors (Lipinski definition) is 7. The van der Waals surface area contributed by atoms with Crippen molar-refractivity contribution < 1.29 is 39.8 Å². The zero-order valence-electron chi connectivity index (χ0n) is 12.0. The topological polar surface area (TPSA) is 137 Å².